The fourth-order valence-electron chi connectivity index (χ4n) is 1.82. The van der Waals surface area contributed by atoms with Gasteiger partial charge in [0, 0.05) is 23.0 Å². The van der Waals surface area contributed by atoms with Crippen LogP contribution < -0.4 is 4.72 Å². The van der Waals surface area contributed by atoms with E-state index in [9.17, 15) is 8.42 Å². The summed E-state index contributed by atoms with van der Waals surface area (Å²) in [6.45, 7) is 0. The number of anilines is 1. The highest BCUT2D eigenvalue weighted by Gasteiger charge is 2.24. The summed E-state index contributed by atoms with van der Waals surface area (Å²) < 4.78 is 27.3. The smallest absolute Gasteiger partial charge is 0.264 e. The molecule has 6 nitrogen and oxygen atoms in total. The molecule has 0 bridgehead atoms. The predicted octanol–water partition coefficient (Wildman–Crippen LogP) is 4.36. The van der Waals surface area contributed by atoms with Crippen LogP contribution in [0.4, 0.5) is 5.13 Å². The summed E-state index contributed by atoms with van der Waals surface area (Å²) >= 11 is 18.8. The van der Waals surface area contributed by atoms with E-state index in [2.05, 4.69) is 19.9 Å². The topological polar surface area (TPSA) is 84.8 Å². The van der Waals surface area contributed by atoms with E-state index in [-0.39, 0.29) is 25.1 Å². The number of halogens is 3. The highest BCUT2D eigenvalue weighted by atomic mass is 35.5. The molecule has 0 radical (unpaired) electrons. The minimum absolute atomic E-state index is 0.0796. The number of benzene rings is 1. The van der Waals surface area contributed by atoms with Gasteiger partial charge < -0.3 is 0 Å². The maximum atomic E-state index is 12.5. The van der Waals surface area contributed by atoms with Crippen LogP contribution in [0.5, 0.6) is 0 Å². The molecule has 124 valence electrons. The van der Waals surface area contributed by atoms with Crippen molar-refractivity contribution in [1.29, 1.82) is 0 Å². The number of sulfonamides is 1. The Hall–Kier alpha value is -1.45. The number of hydrogen-bond donors (Lipinski definition) is 1. The molecule has 1 N–H and O–H groups in total. The lowest BCUT2D eigenvalue weighted by Gasteiger charge is -2.09. The SMILES string of the molecule is O=S(=O)(Nc1nnc(-c2cccnc2)s1)c1c(Cl)cc(Cl)cc1Cl. The first-order valence-corrected chi connectivity index (χ1v) is 9.71. The molecular formula is C13H7Cl3N4O2S2. The molecule has 0 fully saturated rings. The summed E-state index contributed by atoms with van der Waals surface area (Å²) in [5, 5.41) is 8.42. The molecule has 0 unspecified atom stereocenters. The van der Waals surface area contributed by atoms with Gasteiger partial charge in [0.05, 0.1) is 10.0 Å². The van der Waals surface area contributed by atoms with E-state index >= 15 is 0 Å². The van der Waals surface area contributed by atoms with Gasteiger partial charge in [-0.3, -0.25) is 9.71 Å². The van der Waals surface area contributed by atoms with E-state index in [1.54, 1.807) is 24.5 Å². The van der Waals surface area contributed by atoms with E-state index in [0.29, 0.717) is 5.01 Å². The second-order valence-electron chi connectivity index (χ2n) is 4.46. The molecule has 0 saturated carbocycles. The van der Waals surface area contributed by atoms with Crippen LogP contribution in [0.2, 0.25) is 15.1 Å². The fraction of sp³-hybridized carbons (Fsp3) is 0. The molecule has 2 heterocycles. The summed E-state index contributed by atoms with van der Waals surface area (Å²) in [5.74, 6) is 0. The lowest BCUT2D eigenvalue weighted by molar-refractivity contribution is 0.601. The van der Waals surface area contributed by atoms with Gasteiger partial charge in [0.25, 0.3) is 10.0 Å². The maximum Gasteiger partial charge on any atom is 0.266 e. The maximum absolute atomic E-state index is 12.5. The summed E-state index contributed by atoms with van der Waals surface area (Å²) in [5.41, 5.74) is 0.725. The molecule has 2 aromatic heterocycles. The van der Waals surface area contributed by atoms with Crippen molar-refractivity contribution >= 4 is 61.3 Å². The Kier molecular flexibility index (Phi) is 4.93. The summed E-state index contributed by atoms with van der Waals surface area (Å²) in [7, 11) is -4.04. The van der Waals surface area contributed by atoms with Crippen molar-refractivity contribution in [2.45, 2.75) is 4.90 Å². The molecule has 0 aliphatic heterocycles. The van der Waals surface area contributed by atoms with E-state index in [1.165, 1.54) is 12.1 Å². The van der Waals surface area contributed by atoms with Crippen molar-refractivity contribution in [3.63, 3.8) is 0 Å². The largest absolute Gasteiger partial charge is 0.266 e. The summed E-state index contributed by atoms with van der Waals surface area (Å²) in [6, 6.07) is 6.13. The van der Waals surface area contributed by atoms with Crippen LogP contribution in [0.25, 0.3) is 10.6 Å². The third kappa shape index (κ3) is 3.62. The Morgan fingerprint density at radius 2 is 1.79 bits per heavy atom. The number of nitrogens with one attached hydrogen (secondary N) is 1. The fourth-order valence-corrected chi connectivity index (χ4v) is 5.33. The van der Waals surface area contributed by atoms with Crippen LogP contribution in [0.3, 0.4) is 0 Å². The Labute approximate surface area is 156 Å². The Morgan fingerprint density at radius 3 is 2.42 bits per heavy atom. The van der Waals surface area contributed by atoms with Crippen LogP contribution in [0.15, 0.2) is 41.6 Å². The first-order chi connectivity index (χ1) is 11.4. The van der Waals surface area contributed by atoms with Gasteiger partial charge >= 0.3 is 0 Å². The van der Waals surface area contributed by atoms with Gasteiger partial charge in [0.2, 0.25) is 5.13 Å². The Bertz CT molecular complexity index is 970. The van der Waals surface area contributed by atoms with Crippen molar-refractivity contribution in [2.75, 3.05) is 4.72 Å². The minimum Gasteiger partial charge on any atom is -0.264 e. The molecule has 24 heavy (non-hydrogen) atoms. The molecular weight excluding hydrogens is 415 g/mol. The summed E-state index contributed by atoms with van der Waals surface area (Å²) in [4.78, 5) is 3.71. The minimum atomic E-state index is -4.04. The van der Waals surface area contributed by atoms with E-state index in [4.69, 9.17) is 34.8 Å². The van der Waals surface area contributed by atoms with Gasteiger partial charge in [0.1, 0.15) is 4.90 Å². The molecule has 0 saturated heterocycles. The normalized spacial score (nSPS) is 11.5. The number of aromatic nitrogens is 3. The van der Waals surface area contributed by atoms with Gasteiger partial charge in [-0.15, -0.1) is 10.2 Å². The van der Waals surface area contributed by atoms with Gasteiger partial charge in [0.15, 0.2) is 5.01 Å². The zero-order chi connectivity index (χ0) is 17.3. The van der Waals surface area contributed by atoms with Gasteiger partial charge in [-0.25, -0.2) is 8.42 Å². The molecule has 0 amide bonds. The molecule has 0 aliphatic carbocycles. The van der Waals surface area contributed by atoms with E-state index in [0.717, 1.165) is 16.9 Å². The van der Waals surface area contributed by atoms with Crippen molar-refractivity contribution in [1.82, 2.24) is 15.2 Å². The quantitative estimate of drug-likeness (QED) is 0.676. The van der Waals surface area contributed by atoms with Crippen molar-refractivity contribution in [3.05, 3.63) is 51.7 Å². The van der Waals surface area contributed by atoms with Crippen LogP contribution in [-0.2, 0) is 10.0 Å². The lowest BCUT2D eigenvalue weighted by atomic mass is 10.3. The van der Waals surface area contributed by atoms with Crippen molar-refractivity contribution in [2.24, 2.45) is 0 Å². The summed E-state index contributed by atoms with van der Waals surface area (Å²) in [6.07, 6.45) is 3.23. The van der Waals surface area contributed by atoms with Crippen molar-refractivity contribution in [3.8, 4) is 10.6 Å². The highest BCUT2D eigenvalue weighted by Crippen LogP contribution is 2.34. The molecule has 3 aromatic rings. The Balaban J connectivity index is 1.93. The second-order valence-corrected chi connectivity index (χ2v) is 8.31. The van der Waals surface area contributed by atoms with E-state index in [1.807, 2.05) is 0 Å². The number of rotatable bonds is 4. The monoisotopic (exact) mass is 420 g/mol. The number of hydrogen-bond acceptors (Lipinski definition) is 6. The van der Waals surface area contributed by atoms with Gasteiger partial charge in [-0.1, -0.05) is 46.1 Å². The van der Waals surface area contributed by atoms with Crippen LogP contribution in [0.1, 0.15) is 0 Å². The zero-order valence-corrected chi connectivity index (χ0v) is 15.5. The molecule has 11 heteroatoms. The van der Waals surface area contributed by atoms with Crippen LogP contribution in [0, 0.1) is 0 Å². The first-order valence-electron chi connectivity index (χ1n) is 6.28. The van der Waals surface area contributed by atoms with Crippen molar-refractivity contribution < 1.29 is 8.42 Å². The standard InChI is InChI=1S/C13H7Cl3N4O2S2/c14-8-4-9(15)11(10(16)5-8)24(21,22)20-13-19-18-12(23-13)7-2-1-3-17-6-7/h1-6H,(H,19,20). The Morgan fingerprint density at radius 1 is 1.08 bits per heavy atom. The van der Waals surface area contributed by atoms with Crippen LogP contribution >= 0.6 is 46.1 Å². The third-order valence-corrected chi connectivity index (χ3v) is 6.28. The van der Waals surface area contributed by atoms with Crippen LogP contribution in [-0.4, -0.2) is 23.6 Å². The molecule has 0 atom stereocenters. The van der Waals surface area contributed by atoms with Gasteiger partial charge in [-0.05, 0) is 24.3 Å². The zero-order valence-electron chi connectivity index (χ0n) is 11.6. The first kappa shape index (κ1) is 17.4. The molecule has 3 rings (SSSR count). The second kappa shape index (κ2) is 6.81. The lowest BCUT2D eigenvalue weighted by Crippen LogP contribution is -2.14. The highest BCUT2D eigenvalue weighted by molar-refractivity contribution is 7.93. The molecule has 0 aliphatic rings. The average Bonchev–Trinajstić information content (AvgIpc) is 2.94. The number of pyridine rings is 1. The molecule has 1 aromatic carbocycles. The van der Waals surface area contributed by atoms with E-state index < -0.39 is 10.0 Å². The molecule has 0 spiro atoms. The number of nitrogens with zero attached hydrogens (tertiary/aromatic N) is 3. The van der Waals surface area contributed by atoms with Gasteiger partial charge in [-0.2, -0.15) is 0 Å². The third-order valence-electron chi connectivity index (χ3n) is 2.79. The average molecular weight is 422 g/mol. The predicted molar refractivity (Wildman–Crippen MR) is 95.4 cm³/mol.